The quantitative estimate of drug-likeness (QED) is 0.797. The van der Waals surface area contributed by atoms with Gasteiger partial charge in [-0.15, -0.1) is 0 Å². The Morgan fingerprint density at radius 3 is 2.75 bits per heavy atom. The van der Waals surface area contributed by atoms with Crippen molar-refractivity contribution in [3.8, 4) is 0 Å². The molecule has 0 saturated heterocycles. The maximum atomic E-state index is 12.3. The Balaban J connectivity index is 2.39. The lowest BCUT2D eigenvalue weighted by molar-refractivity contribution is 0.0980. The first-order valence-electron chi connectivity index (χ1n) is 6.81. The summed E-state index contributed by atoms with van der Waals surface area (Å²) >= 11 is 0. The summed E-state index contributed by atoms with van der Waals surface area (Å²) in [5.41, 5.74) is 1.86. The van der Waals surface area contributed by atoms with Gasteiger partial charge in [-0.25, -0.2) is 9.36 Å². The van der Waals surface area contributed by atoms with Gasteiger partial charge in [-0.1, -0.05) is 32.0 Å². The molecular weight excluding hydrogens is 254 g/mol. The molecule has 0 atom stereocenters. The zero-order valence-corrected chi connectivity index (χ0v) is 11.9. The Morgan fingerprint density at radius 2 is 2.05 bits per heavy atom. The number of ether oxygens (including phenoxy) is 1. The molecule has 1 aliphatic rings. The van der Waals surface area contributed by atoms with Crippen molar-refractivity contribution in [1.82, 2.24) is 4.57 Å². The molecule has 4 nitrogen and oxygen atoms in total. The van der Waals surface area contributed by atoms with Crippen LogP contribution in [0, 0.1) is 0 Å². The SMILES string of the molecule is CCOC(=O)n1c2c(c3ccccc31)C(=O)CC2(C)C. The number of hydrogen-bond donors (Lipinski definition) is 0. The molecule has 0 spiro atoms. The van der Waals surface area contributed by atoms with Crippen LogP contribution in [0.1, 0.15) is 43.2 Å². The van der Waals surface area contributed by atoms with Crippen LogP contribution in [0.4, 0.5) is 4.79 Å². The molecule has 1 heterocycles. The van der Waals surface area contributed by atoms with Gasteiger partial charge in [-0.2, -0.15) is 0 Å². The molecule has 0 saturated carbocycles. The van der Waals surface area contributed by atoms with Gasteiger partial charge >= 0.3 is 6.09 Å². The minimum Gasteiger partial charge on any atom is -0.449 e. The number of rotatable bonds is 1. The number of benzene rings is 1. The molecule has 1 aromatic heterocycles. The summed E-state index contributed by atoms with van der Waals surface area (Å²) < 4.78 is 6.73. The van der Waals surface area contributed by atoms with E-state index < -0.39 is 6.09 Å². The zero-order chi connectivity index (χ0) is 14.5. The number of Topliss-reactive ketones (excluding diaryl/α,β-unsaturated/α-hetero) is 1. The second-order valence-corrected chi connectivity index (χ2v) is 5.76. The lowest BCUT2D eigenvalue weighted by Crippen LogP contribution is -2.24. The van der Waals surface area contributed by atoms with Gasteiger partial charge in [-0.3, -0.25) is 4.79 Å². The van der Waals surface area contributed by atoms with Crippen LogP contribution >= 0.6 is 0 Å². The lowest BCUT2D eigenvalue weighted by atomic mass is 9.90. The molecule has 1 aliphatic carbocycles. The van der Waals surface area contributed by atoms with Gasteiger partial charge in [0.2, 0.25) is 0 Å². The highest BCUT2D eigenvalue weighted by atomic mass is 16.5. The van der Waals surface area contributed by atoms with Crippen molar-refractivity contribution in [2.24, 2.45) is 0 Å². The van der Waals surface area contributed by atoms with E-state index in [4.69, 9.17) is 4.74 Å². The maximum absolute atomic E-state index is 12.3. The molecule has 0 N–H and O–H groups in total. The average molecular weight is 271 g/mol. The minimum absolute atomic E-state index is 0.101. The van der Waals surface area contributed by atoms with E-state index in [9.17, 15) is 9.59 Å². The molecule has 0 bridgehead atoms. The van der Waals surface area contributed by atoms with Crippen LogP contribution in [0.25, 0.3) is 10.9 Å². The monoisotopic (exact) mass is 271 g/mol. The van der Waals surface area contributed by atoms with Crippen LogP contribution in [-0.4, -0.2) is 23.1 Å². The number of ketones is 1. The van der Waals surface area contributed by atoms with Crippen LogP contribution in [-0.2, 0) is 10.2 Å². The Labute approximate surface area is 117 Å². The Hall–Kier alpha value is -2.10. The summed E-state index contributed by atoms with van der Waals surface area (Å²) in [7, 11) is 0. The molecule has 0 unspecified atom stereocenters. The average Bonchev–Trinajstić information content (AvgIpc) is 2.84. The van der Waals surface area contributed by atoms with Gasteiger partial charge in [0.15, 0.2) is 5.78 Å². The fourth-order valence-electron chi connectivity index (χ4n) is 3.11. The number of aromatic nitrogens is 1. The van der Waals surface area contributed by atoms with Gasteiger partial charge in [0, 0.05) is 28.5 Å². The molecular formula is C16H17NO3. The van der Waals surface area contributed by atoms with Crippen molar-refractivity contribution >= 4 is 22.8 Å². The van der Waals surface area contributed by atoms with Crippen LogP contribution < -0.4 is 0 Å². The smallest absolute Gasteiger partial charge is 0.418 e. The van der Waals surface area contributed by atoms with Crippen LogP contribution in [0.5, 0.6) is 0 Å². The van der Waals surface area contributed by atoms with E-state index in [-0.39, 0.29) is 11.2 Å². The van der Waals surface area contributed by atoms with Gasteiger partial charge in [0.1, 0.15) is 0 Å². The Morgan fingerprint density at radius 1 is 1.35 bits per heavy atom. The van der Waals surface area contributed by atoms with Gasteiger partial charge in [0.05, 0.1) is 12.1 Å². The molecule has 20 heavy (non-hydrogen) atoms. The summed E-state index contributed by atoms with van der Waals surface area (Å²) in [5.74, 6) is 0.101. The highest BCUT2D eigenvalue weighted by Crippen LogP contribution is 2.43. The number of carbonyl (C=O) groups is 2. The summed E-state index contributed by atoms with van der Waals surface area (Å²) in [6.45, 7) is 6.07. The number of para-hydroxylation sites is 1. The first kappa shape index (κ1) is 12.9. The van der Waals surface area contributed by atoms with E-state index in [1.807, 2.05) is 38.1 Å². The third-order valence-corrected chi connectivity index (χ3v) is 3.85. The van der Waals surface area contributed by atoms with Crippen molar-refractivity contribution in [1.29, 1.82) is 0 Å². The van der Waals surface area contributed by atoms with E-state index >= 15 is 0 Å². The van der Waals surface area contributed by atoms with E-state index in [2.05, 4.69) is 0 Å². The van der Waals surface area contributed by atoms with Gasteiger partial charge in [-0.05, 0) is 13.0 Å². The van der Waals surface area contributed by atoms with Gasteiger partial charge in [0.25, 0.3) is 0 Å². The van der Waals surface area contributed by atoms with E-state index in [0.29, 0.717) is 18.6 Å². The standard InChI is InChI=1S/C16H17NO3/c1-4-20-15(19)17-11-8-6-5-7-10(11)13-12(18)9-16(2,3)14(13)17/h5-8H,4,9H2,1-3H3. The van der Waals surface area contributed by atoms with E-state index in [1.165, 1.54) is 0 Å². The predicted molar refractivity (Wildman–Crippen MR) is 76.3 cm³/mol. The van der Waals surface area contributed by atoms with Crippen molar-refractivity contribution < 1.29 is 14.3 Å². The summed E-state index contributed by atoms with van der Waals surface area (Å²) in [6.07, 6.45) is 0.0229. The molecule has 1 aromatic carbocycles. The van der Waals surface area contributed by atoms with Crippen LogP contribution in [0.15, 0.2) is 24.3 Å². The van der Waals surface area contributed by atoms with E-state index in [0.717, 1.165) is 16.6 Å². The van der Waals surface area contributed by atoms with Crippen molar-refractivity contribution in [3.05, 3.63) is 35.5 Å². The van der Waals surface area contributed by atoms with Crippen LogP contribution in [0.2, 0.25) is 0 Å². The first-order valence-corrected chi connectivity index (χ1v) is 6.81. The highest BCUT2D eigenvalue weighted by molar-refractivity contribution is 6.14. The number of carbonyl (C=O) groups excluding carboxylic acids is 2. The molecule has 0 amide bonds. The molecule has 2 aromatic rings. The predicted octanol–water partition coefficient (Wildman–Crippen LogP) is 3.51. The highest BCUT2D eigenvalue weighted by Gasteiger charge is 2.42. The number of hydrogen-bond acceptors (Lipinski definition) is 3. The summed E-state index contributed by atoms with van der Waals surface area (Å²) in [4.78, 5) is 24.6. The minimum atomic E-state index is -0.410. The summed E-state index contributed by atoms with van der Waals surface area (Å²) in [5, 5.41) is 0.839. The largest absolute Gasteiger partial charge is 0.449 e. The fourth-order valence-corrected chi connectivity index (χ4v) is 3.11. The van der Waals surface area contributed by atoms with Crippen molar-refractivity contribution in [3.63, 3.8) is 0 Å². The van der Waals surface area contributed by atoms with Crippen molar-refractivity contribution in [2.75, 3.05) is 6.61 Å². The Kier molecular flexibility index (Phi) is 2.71. The molecule has 104 valence electrons. The van der Waals surface area contributed by atoms with Crippen molar-refractivity contribution in [2.45, 2.75) is 32.6 Å². The number of nitrogens with zero attached hydrogens (tertiary/aromatic N) is 1. The zero-order valence-electron chi connectivity index (χ0n) is 11.9. The van der Waals surface area contributed by atoms with Crippen LogP contribution in [0.3, 0.4) is 0 Å². The van der Waals surface area contributed by atoms with E-state index in [1.54, 1.807) is 11.5 Å². The third kappa shape index (κ3) is 1.60. The fraction of sp³-hybridized carbons (Fsp3) is 0.375. The Bertz CT molecular complexity index is 725. The lowest BCUT2D eigenvalue weighted by Gasteiger charge is -2.20. The molecule has 4 heteroatoms. The number of fused-ring (bicyclic) bond motifs is 3. The second-order valence-electron chi connectivity index (χ2n) is 5.76. The first-order chi connectivity index (χ1) is 9.47. The summed E-state index contributed by atoms with van der Waals surface area (Å²) in [6, 6.07) is 7.50. The second kappa shape index (κ2) is 4.20. The molecule has 0 fully saturated rings. The molecule has 0 radical (unpaired) electrons. The maximum Gasteiger partial charge on any atom is 0.418 e. The molecule has 0 aliphatic heterocycles. The normalized spacial score (nSPS) is 16.4. The topological polar surface area (TPSA) is 48.3 Å². The van der Waals surface area contributed by atoms with Gasteiger partial charge < -0.3 is 4.74 Å². The molecule has 3 rings (SSSR count). The third-order valence-electron chi connectivity index (χ3n) is 3.85.